The highest BCUT2D eigenvalue weighted by atomic mass is 16.3. The Morgan fingerprint density at radius 2 is 1.12 bits per heavy atom. The minimum absolute atomic E-state index is 0.168. The molecule has 9 aromatic rings. The second-order valence-electron chi connectivity index (χ2n) is 13.2. The molecule has 0 saturated carbocycles. The minimum Gasteiger partial charge on any atom is -0.460 e. The Balaban J connectivity index is 1.05. The maximum absolute atomic E-state index is 6.45. The maximum Gasteiger partial charge on any atom is 0.143 e. The van der Waals surface area contributed by atoms with Gasteiger partial charge in [0.1, 0.15) is 22.5 Å². The highest BCUT2D eigenvalue weighted by Gasteiger charge is 2.25. The third-order valence-corrected chi connectivity index (χ3v) is 10.2. The number of fused-ring (bicyclic) bond motifs is 6. The summed E-state index contributed by atoms with van der Waals surface area (Å²) in [4.78, 5) is 2.34. The van der Waals surface area contributed by atoms with E-state index in [0.29, 0.717) is 0 Å². The molecule has 0 radical (unpaired) electrons. The molecule has 51 heavy (non-hydrogen) atoms. The molecule has 0 bridgehead atoms. The van der Waals surface area contributed by atoms with Gasteiger partial charge in [0.05, 0.1) is 0 Å². The van der Waals surface area contributed by atoms with Gasteiger partial charge >= 0.3 is 0 Å². The molecule has 0 aliphatic heterocycles. The molecule has 10 rings (SSSR count). The first-order valence-electron chi connectivity index (χ1n) is 17.5. The summed E-state index contributed by atoms with van der Waals surface area (Å²) in [5, 5.41) is 3.45. The fourth-order valence-corrected chi connectivity index (χ4v) is 7.75. The molecule has 0 spiro atoms. The Labute approximate surface area is 296 Å². The summed E-state index contributed by atoms with van der Waals surface area (Å²) in [5.74, 6) is 1.22. The zero-order valence-electron chi connectivity index (χ0n) is 27.9. The van der Waals surface area contributed by atoms with Crippen LogP contribution in [0.4, 0.5) is 17.1 Å². The van der Waals surface area contributed by atoms with Gasteiger partial charge in [0.25, 0.3) is 0 Å². The molecule has 2 aromatic heterocycles. The van der Waals surface area contributed by atoms with Gasteiger partial charge in [-0.25, -0.2) is 0 Å². The topological polar surface area (TPSA) is 29.5 Å². The zero-order valence-corrected chi connectivity index (χ0v) is 27.9. The number of nitrogens with zero attached hydrogens (tertiary/aromatic N) is 1. The summed E-state index contributed by atoms with van der Waals surface area (Å²) in [5.41, 5.74) is 13.0. The van der Waals surface area contributed by atoms with Gasteiger partial charge in [-0.1, -0.05) is 133 Å². The van der Waals surface area contributed by atoms with E-state index >= 15 is 0 Å². The third kappa shape index (κ3) is 5.05. The molecule has 2 heterocycles. The normalized spacial score (nSPS) is 13.9. The van der Waals surface area contributed by atoms with E-state index in [1.54, 1.807) is 0 Å². The van der Waals surface area contributed by atoms with Gasteiger partial charge in [-0.05, 0) is 77.2 Å². The van der Waals surface area contributed by atoms with Crippen molar-refractivity contribution >= 4 is 56.0 Å². The predicted molar refractivity (Wildman–Crippen MR) is 211 cm³/mol. The van der Waals surface area contributed by atoms with Crippen molar-refractivity contribution in [1.82, 2.24) is 0 Å². The summed E-state index contributed by atoms with van der Waals surface area (Å²) in [6.45, 7) is 0. The van der Waals surface area contributed by atoms with E-state index < -0.39 is 0 Å². The van der Waals surface area contributed by atoms with Crippen molar-refractivity contribution in [3.63, 3.8) is 0 Å². The Morgan fingerprint density at radius 3 is 1.92 bits per heavy atom. The molecule has 0 saturated heterocycles. The van der Waals surface area contributed by atoms with Gasteiger partial charge < -0.3 is 13.7 Å². The SMILES string of the molecule is C1=Cc2c(oc3ccccc23)C(c2ccc(N(c3ccc(-c4cccc5c4oc4ccccc45)cc3)c3cccc(-c4ccccc4)c3)cc2)C1. The highest BCUT2D eigenvalue weighted by molar-refractivity contribution is 6.09. The average molecular weight is 656 g/mol. The van der Waals surface area contributed by atoms with Crippen LogP contribution in [0.2, 0.25) is 0 Å². The van der Waals surface area contributed by atoms with E-state index in [9.17, 15) is 0 Å². The molecule has 1 unspecified atom stereocenters. The van der Waals surface area contributed by atoms with Crippen LogP contribution in [-0.2, 0) is 0 Å². The lowest BCUT2D eigenvalue weighted by molar-refractivity contribution is 0.517. The third-order valence-electron chi connectivity index (χ3n) is 10.2. The number of hydrogen-bond acceptors (Lipinski definition) is 3. The van der Waals surface area contributed by atoms with E-state index in [1.807, 2.05) is 18.2 Å². The molecule has 242 valence electrons. The lowest BCUT2D eigenvalue weighted by Gasteiger charge is -2.27. The summed E-state index contributed by atoms with van der Waals surface area (Å²) in [6.07, 6.45) is 5.40. The van der Waals surface area contributed by atoms with Crippen LogP contribution in [0.5, 0.6) is 0 Å². The largest absolute Gasteiger partial charge is 0.460 e. The standard InChI is InChI=1S/C48H33NO2/c1-2-11-32(12-3-1)35-13-8-14-38(31-35)49(36-27-23-33(24-28-36)39-17-9-19-43-41-15-4-6-21-45(41)50-47(39)43)37-29-25-34(26-30-37)40-18-10-20-44-42-16-5-7-22-46(42)51-48(40)44/h1-17,19-31,40H,18H2. The van der Waals surface area contributed by atoms with E-state index in [1.165, 1.54) is 27.6 Å². The molecule has 1 atom stereocenters. The lowest BCUT2D eigenvalue weighted by Crippen LogP contribution is -2.10. The van der Waals surface area contributed by atoms with E-state index in [4.69, 9.17) is 8.83 Å². The minimum atomic E-state index is 0.168. The van der Waals surface area contributed by atoms with Gasteiger partial charge in [0.15, 0.2) is 0 Å². The lowest BCUT2D eigenvalue weighted by atomic mass is 9.86. The second kappa shape index (κ2) is 12.1. The Morgan fingerprint density at radius 1 is 0.471 bits per heavy atom. The van der Waals surface area contributed by atoms with Crippen LogP contribution in [0.25, 0.3) is 61.2 Å². The van der Waals surface area contributed by atoms with Gasteiger partial charge in [-0.3, -0.25) is 0 Å². The van der Waals surface area contributed by atoms with E-state index in [0.717, 1.165) is 67.9 Å². The molecule has 1 aliphatic carbocycles. The van der Waals surface area contributed by atoms with Crippen molar-refractivity contribution < 1.29 is 8.83 Å². The summed E-state index contributed by atoms with van der Waals surface area (Å²) in [6, 6.07) is 60.2. The highest BCUT2D eigenvalue weighted by Crippen LogP contribution is 2.43. The Hall–Kier alpha value is -6.58. The molecule has 1 aliphatic rings. The molecule has 3 heteroatoms. The van der Waals surface area contributed by atoms with Crippen molar-refractivity contribution in [2.75, 3.05) is 4.90 Å². The monoisotopic (exact) mass is 655 g/mol. The maximum atomic E-state index is 6.45. The average Bonchev–Trinajstić information content (AvgIpc) is 3.78. The number of anilines is 3. The van der Waals surface area contributed by atoms with Crippen LogP contribution in [0.15, 0.2) is 185 Å². The predicted octanol–water partition coefficient (Wildman–Crippen LogP) is 13.7. The number of rotatable bonds is 6. The smallest absolute Gasteiger partial charge is 0.143 e. The van der Waals surface area contributed by atoms with Gasteiger partial charge in [-0.15, -0.1) is 0 Å². The van der Waals surface area contributed by atoms with Crippen LogP contribution in [0.3, 0.4) is 0 Å². The molecule has 0 amide bonds. The number of para-hydroxylation sites is 3. The van der Waals surface area contributed by atoms with Crippen LogP contribution >= 0.6 is 0 Å². The second-order valence-corrected chi connectivity index (χ2v) is 13.2. The number of hydrogen-bond donors (Lipinski definition) is 0. The number of benzene rings is 7. The fourth-order valence-electron chi connectivity index (χ4n) is 7.75. The molecular weight excluding hydrogens is 623 g/mol. The molecule has 0 N–H and O–H groups in total. The fraction of sp³-hybridized carbons (Fsp3) is 0.0417. The van der Waals surface area contributed by atoms with E-state index in [2.05, 4.69) is 169 Å². The van der Waals surface area contributed by atoms with Gasteiger partial charge in [0.2, 0.25) is 0 Å². The van der Waals surface area contributed by atoms with Gasteiger partial charge in [0, 0.05) is 50.3 Å². The molecule has 3 nitrogen and oxygen atoms in total. The van der Waals surface area contributed by atoms with Crippen molar-refractivity contribution in [3.05, 3.63) is 193 Å². The van der Waals surface area contributed by atoms with Gasteiger partial charge in [-0.2, -0.15) is 0 Å². The van der Waals surface area contributed by atoms with Crippen molar-refractivity contribution in [1.29, 1.82) is 0 Å². The van der Waals surface area contributed by atoms with Crippen LogP contribution in [0, 0.1) is 0 Å². The van der Waals surface area contributed by atoms with Crippen molar-refractivity contribution in [3.8, 4) is 22.3 Å². The zero-order chi connectivity index (χ0) is 33.7. The first kappa shape index (κ1) is 29.3. The Kier molecular flexibility index (Phi) is 6.95. The van der Waals surface area contributed by atoms with Crippen molar-refractivity contribution in [2.45, 2.75) is 12.3 Å². The molecular formula is C48H33NO2. The van der Waals surface area contributed by atoms with E-state index in [-0.39, 0.29) is 5.92 Å². The number of furan rings is 2. The first-order valence-corrected chi connectivity index (χ1v) is 17.5. The summed E-state index contributed by atoms with van der Waals surface area (Å²) >= 11 is 0. The summed E-state index contributed by atoms with van der Waals surface area (Å²) < 4.78 is 12.8. The quantitative estimate of drug-likeness (QED) is 0.179. The molecule has 7 aromatic carbocycles. The van der Waals surface area contributed by atoms with Crippen LogP contribution in [-0.4, -0.2) is 0 Å². The van der Waals surface area contributed by atoms with Crippen molar-refractivity contribution in [2.24, 2.45) is 0 Å². The summed E-state index contributed by atoms with van der Waals surface area (Å²) in [7, 11) is 0. The van der Waals surface area contributed by atoms with Crippen LogP contribution < -0.4 is 4.90 Å². The molecule has 0 fully saturated rings. The first-order chi connectivity index (χ1) is 25.3. The number of allylic oxidation sites excluding steroid dienone is 1. The Bertz CT molecular complexity index is 2710. The van der Waals surface area contributed by atoms with Crippen LogP contribution in [0.1, 0.15) is 29.2 Å².